The third-order valence-corrected chi connectivity index (χ3v) is 4.53. The van der Waals surface area contributed by atoms with Gasteiger partial charge < -0.3 is 4.42 Å². The highest BCUT2D eigenvalue weighted by Crippen LogP contribution is 2.16. The Labute approximate surface area is 136 Å². The highest BCUT2D eigenvalue weighted by atomic mass is 32.2. The third kappa shape index (κ3) is 3.26. The zero-order chi connectivity index (χ0) is 16.2. The summed E-state index contributed by atoms with van der Waals surface area (Å²) in [6.45, 7) is 3.23. The van der Waals surface area contributed by atoms with E-state index in [1.54, 1.807) is 15.2 Å². The zero-order valence-corrected chi connectivity index (χ0v) is 13.6. The number of hydrogen-bond acceptors (Lipinski definition) is 5. The van der Waals surface area contributed by atoms with Gasteiger partial charge in [-0.05, 0) is 18.6 Å². The Morgan fingerprint density at radius 2 is 2.04 bits per heavy atom. The lowest BCUT2D eigenvalue weighted by Crippen LogP contribution is -2.18. The molecule has 0 unspecified atom stereocenters. The Hall–Kier alpha value is -2.22. The van der Waals surface area contributed by atoms with Crippen LogP contribution in [-0.2, 0) is 13.1 Å². The summed E-state index contributed by atoms with van der Waals surface area (Å²) >= 11 is 1.45. The number of nitrogens with one attached hydrogen (secondary N) is 1. The maximum Gasteiger partial charge on any atom is 0.419 e. The molecule has 0 amide bonds. The second-order valence-electron chi connectivity index (χ2n) is 5.15. The Bertz CT molecular complexity index is 905. The fraction of sp³-hybridized carbons (Fsp3) is 0.400. The van der Waals surface area contributed by atoms with Crippen LogP contribution in [0, 0.1) is 0 Å². The number of para-hydroxylation sites is 2. The van der Waals surface area contributed by atoms with E-state index in [1.165, 1.54) is 11.8 Å². The second kappa shape index (κ2) is 6.91. The van der Waals surface area contributed by atoms with Gasteiger partial charge in [0.1, 0.15) is 0 Å². The van der Waals surface area contributed by atoms with Gasteiger partial charge in [-0.15, -0.1) is 5.10 Å². The highest BCUT2D eigenvalue weighted by Gasteiger charge is 2.11. The van der Waals surface area contributed by atoms with Crippen LogP contribution in [0.25, 0.3) is 11.1 Å². The number of hydrogen-bond donors (Lipinski definition) is 1. The van der Waals surface area contributed by atoms with E-state index in [2.05, 4.69) is 17.1 Å². The topological polar surface area (TPSA) is 85.8 Å². The predicted octanol–water partition coefficient (Wildman–Crippen LogP) is 2.07. The summed E-state index contributed by atoms with van der Waals surface area (Å²) in [6.07, 6.45) is 1.94. The smallest absolute Gasteiger partial charge is 0.408 e. The number of rotatable bonds is 7. The molecule has 8 heteroatoms. The van der Waals surface area contributed by atoms with Crippen LogP contribution >= 0.6 is 11.8 Å². The van der Waals surface area contributed by atoms with Crippen molar-refractivity contribution in [3.63, 3.8) is 0 Å². The number of benzene rings is 1. The minimum absolute atomic E-state index is 0.188. The molecule has 23 heavy (non-hydrogen) atoms. The first-order valence-electron chi connectivity index (χ1n) is 7.57. The molecule has 3 aromatic rings. The number of oxazole rings is 1. The average Bonchev–Trinajstić information content (AvgIpc) is 3.06. The summed E-state index contributed by atoms with van der Waals surface area (Å²) in [5.41, 5.74) is 1.18. The number of nitrogens with zero attached hydrogens (tertiary/aromatic N) is 3. The van der Waals surface area contributed by atoms with E-state index in [9.17, 15) is 9.59 Å². The number of fused-ring (bicyclic) bond motifs is 1. The maximum atomic E-state index is 11.9. The van der Waals surface area contributed by atoms with Crippen molar-refractivity contribution < 1.29 is 4.42 Å². The van der Waals surface area contributed by atoms with E-state index >= 15 is 0 Å². The van der Waals surface area contributed by atoms with Crippen LogP contribution in [-0.4, -0.2) is 25.1 Å². The maximum absolute atomic E-state index is 11.9. The van der Waals surface area contributed by atoms with Crippen molar-refractivity contribution >= 4 is 22.9 Å². The Kier molecular flexibility index (Phi) is 4.71. The minimum atomic E-state index is -0.364. The lowest BCUT2D eigenvalue weighted by molar-refractivity contribution is 0.514. The van der Waals surface area contributed by atoms with Gasteiger partial charge in [-0.3, -0.25) is 9.13 Å². The van der Waals surface area contributed by atoms with Crippen LogP contribution in [0.1, 0.15) is 19.8 Å². The molecule has 0 saturated heterocycles. The molecular weight excluding hydrogens is 316 g/mol. The van der Waals surface area contributed by atoms with Gasteiger partial charge in [0.25, 0.3) is 0 Å². The van der Waals surface area contributed by atoms with Crippen LogP contribution in [0.2, 0.25) is 0 Å². The summed E-state index contributed by atoms with van der Waals surface area (Å²) in [4.78, 5) is 23.6. The minimum Gasteiger partial charge on any atom is -0.408 e. The molecule has 122 valence electrons. The Morgan fingerprint density at radius 1 is 1.22 bits per heavy atom. The van der Waals surface area contributed by atoms with Crippen LogP contribution in [0.3, 0.4) is 0 Å². The number of aromatic nitrogens is 4. The molecule has 0 saturated carbocycles. The summed E-state index contributed by atoms with van der Waals surface area (Å²) in [6, 6.07) is 7.34. The second-order valence-corrected chi connectivity index (χ2v) is 6.21. The molecule has 1 aromatic carbocycles. The van der Waals surface area contributed by atoms with Crippen LogP contribution in [0.5, 0.6) is 0 Å². The lowest BCUT2D eigenvalue weighted by Gasteiger charge is -2.05. The molecule has 2 aromatic heterocycles. The Morgan fingerprint density at radius 3 is 2.87 bits per heavy atom. The van der Waals surface area contributed by atoms with Crippen LogP contribution < -0.4 is 11.4 Å². The quantitative estimate of drug-likeness (QED) is 0.669. The van der Waals surface area contributed by atoms with Gasteiger partial charge in [0.15, 0.2) is 10.7 Å². The third-order valence-electron chi connectivity index (χ3n) is 3.58. The van der Waals surface area contributed by atoms with Crippen molar-refractivity contribution in [3.05, 3.63) is 45.3 Å². The van der Waals surface area contributed by atoms with E-state index in [4.69, 9.17) is 4.42 Å². The number of aromatic amines is 1. The standard InChI is InChI=1S/C15H18N4O3S/c1-2-3-8-19-13(20)16-17-14(19)23-10-9-18-11-6-4-5-7-12(11)22-15(18)21/h4-7H,2-3,8-10H2,1H3,(H,16,20). The molecule has 7 nitrogen and oxygen atoms in total. The highest BCUT2D eigenvalue weighted by molar-refractivity contribution is 7.99. The SMILES string of the molecule is CCCCn1c(SCCn2c(=O)oc3ccccc32)n[nH]c1=O. The summed E-state index contributed by atoms with van der Waals surface area (Å²) in [7, 11) is 0. The molecule has 0 atom stereocenters. The first-order valence-corrected chi connectivity index (χ1v) is 8.55. The fourth-order valence-corrected chi connectivity index (χ4v) is 3.28. The van der Waals surface area contributed by atoms with Crippen LogP contribution in [0.4, 0.5) is 0 Å². The van der Waals surface area contributed by atoms with E-state index in [-0.39, 0.29) is 11.4 Å². The van der Waals surface area contributed by atoms with Gasteiger partial charge in [0, 0.05) is 18.8 Å². The molecule has 0 aliphatic carbocycles. The molecule has 0 radical (unpaired) electrons. The normalized spacial score (nSPS) is 11.3. The summed E-state index contributed by atoms with van der Waals surface area (Å²) in [5, 5.41) is 7.19. The zero-order valence-electron chi connectivity index (χ0n) is 12.8. The van der Waals surface area contributed by atoms with Crippen molar-refractivity contribution in [1.29, 1.82) is 0 Å². The van der Waals surface area contributed by atoms with Gasteiger partial charge in [-0.25, -0.2) is 14.7 Å². The van der Waals surface area contributed by atoms with E-state index in [0.717, 1.165) is 18.4 Å². The molecular formula is C15H18N4O3S. The van der Waals surface area contributed by atoms with Gasteiger partial charge in [0.05, 0.1) is 5.52 Å². The van der Waals surface area contributed by atoms with Gasteiger partial charge in [0.2, 0.25) is 0 Å². The number of aryl methyl sites for hydroxylation is 1. The molecule has 0 bridgehead atoms. The average molecular weight is 334 g/mol. The molecule has 0 spiro atoms. The van der Waals surface area contributed by atoms with E-state index < -0.39 is 0 Å². The van der Waals surface area contributed by atoms with Crippen molar-refractivity contribution in [2.45, 2.75) is 38.0 Å². The molecule has 0 fully saturated rings. The van der Waals surface area contributed by atoms with Crippen molar-refractivity contribution in [3.8, 4) is 0 Å². The number of unbranched alkanes of at least 4 members (excludes halogenated alkanes) is 1. The molecule has 1 N–H and O–H groups in total. The summed E-state index contributed by atoms with van der Waals surface area (Å²) in [5.74, 6) is 0.261. The first-order chi connectivity index (χ1) is 11.2. The van der Waals surface area contributed by atoms with Crippen LogP contribution in [0.15, 0.2) is 43.4 Å². The molecule has 0 aliphatic heterocycles. The largest absolute Gasteiger partial charge is 0.419 e. The molecule has 0 aliphatic rings. The van der Waals surface area contributed by atoms with Crippen molar-refractivity contribution in [2.24, 2.45) is 0 Å². The van der Waals surface area contributed by atoms with Gasteiger partial charge in [-0.2, -0.15) is 0 Å². The van der Waals surface area contributed by atoms with Gasteiger partial charge in [-0.1, -0.05) is 37.2 Å². The lowest BCUT2D eigenvalue weighted by atomic mass is 10.3. The predicted molar refractivity (Wildman–Crippen MR) is 89.0 cm³/mol. The van der Waals surface area contributed by atoms with Gasteiger partial charge >= 0.3 is 11.4 Å². The Balaban J connectivity index is 1.71. The van der Waals surface area contributed by atoms with Crippen molar-refractivity contribution in [1.82, 2.24) is 19.3 Å². The number of thioether (sulfide) groups is 1. The van der Waals surface area contributed by atoms with E-state index in [1.807, 2.05) is 18.2 Å². The molecule has 3 rings (SSSR count). The summed E-state index contributed by atoms with van der Waals surface area (Å²) < 4.78 is 8.45. The number of H-pyrrole nitrogens is 1. The van der Waals surface area contributed by atoms with Crippen molar-refractivity contribution in [2.75, 3.05) is 5.75 Å². The fourth-order valence-electron chi connectivity index (χ4n) is 2.38. The first kappa shape index (κ1) is 15.7. The molecule has 2 heterocycles. The monoisotopic (exact) mass is 334 g/mol. The van der Waals surface area contributed by atoms with E-state index in [0.29, 0.717) is 29.6 Å².